The molecule has 33 heavy (non-hydrogen) atoms. The Labute approximate surface area is 191 Å². The van der Waals surface area contributed by atoms with Crippen molar-refractivity contribution in [2.24, 2.45) is 0 Å². The van der Waals surface area contributed by atoms with Gasteiger partial charge in [0.1, 0.15) is 5.82 Å². The van der Waals surface area contributed by atoms with Gasteiger partial charge in [0.05, 0.1) is 24.3 Å². The Morgan fingerprint density at radius 2 is 1.85 bits per heavy atom. The highest BCUT2D eigenvalue weighted by molar-refractivity contribution is 5.92. The number of ether oxygens (including phenoxy) is 1. The zero-order valence-electron chi connectivity index (χ0n) is 18.8. The lowest BCUT2D eigenvalue weighted by atomic mass is 10.1. The molecule has 6 nitrogen and oxygen atoms in total. The van der Waals surface area contributed by atoms with E-state index in [1.165, 1.54) is 6.07 Å². The van der Waals surface area contributed by atoms with E-state index >= 15 is 0 Å². The highest BCUT2D eigenvalue weighted by atomic mass is 19.4. The molecule has 4 rings (SSSR count). The van der Waals surface area contributed by atoms with Gasteiger partial charge in [-0.1, -0.05) is 12.1 Å². The van der Waals surface area contributed by atoms with Crippen LogP contribution in [0.15, 0.2) is 36.4 Å². The van der Waals surface area contributed by atoms with Crippen LogP contribution < -0.4 is 15.5 Å². The van der Waals surface area contributed by atoms with Crippen LogP contribution in [-0.2, 0) is 10.9 Å². The number of aryl methyl sites for hydroxylation is 1. The summed E-state index contributed by atoms with van der Waals surface area (Å²) in [5, 5.41) is 7.30. The monoisotopic (exact) mass is 459 g/mol. The third kappa shape index (κ3) is 5.36. The second-order valence-corrected chi connectivity index (χ2v) is 8.12. The fourth-order valence-electron chi connectivity index (χ4n) is 3.94. The van der Waals surface area contributed by atoms with E-state index < -0.39 is 11.7 Å². The van der Waals surface area contributed by atoms with Gasteiger partial charge in [0, 0.05) is 36.3 Å². The summed E-state index contributed by atoms with van der Waals surface area (Å²) in [5.41, 5.74) is 1.80. The number of para-hydroxylation sites is 1. The topological polar surface area (TPSA) is 62.3 Å². The quantitative estimate of drug-likeness (QED) is 0.508. The smallest absolute Gasteiger partial charge is 0.378 e. The van der Waals surface area contributed by atoms with Gasteiger partial charge in [-0.3, -0.25) is 0 Å². The Morgan fingerprint density at radius 3 is 2.58 bits per heavy atom. The number of halogens is 3. The average Bonchev–Trinajstić information content (AvgIpc) is 2.82. The Bertz CT molecular complexity index is 1110. The van der Waals surface area contributed by atoms with Crippen molar-refractivity contribution in [2.75, 3.05) is 56.7 Å². The number of benzene rings is 2. The molecule has 176 valence electrons. The van der Waals surface area contributed by atoms with Crippen LogP contribution in [0.2, 0.25) is 0 Å². The summed E-state index contributed by atoms with van der Waals surface area (Å²) in [6, 6.07) is 9.87. The normalized spacial score (nSPS) is 14.6. The molecule has 0 atom stereocenters. The molecule has 0 saturated carbocycles. The maximum Gasteiger partial charge on any atom is 0.416 e. The van der Waals surface area contributed by atoms with Gasteiger partial charge in [0.2, 0.25) is 0 Å². The number of fused-ring (bicyclic) bond motifs is 1. The highest BCUT2D eigenvalue weighted by Gasteiger charge is 2.32. The summed E-state index contributed by atoms with van der Waals surface area (Å²) >= 11 is 0. The molecule has 1 aliphatic heterocycles. The maximum absolute atomic E-state index is 13.8. The zero-order chi connectivity index (χ0) is 23.4. The standard InChI is InChI=1S/C24H28F3N5O/c1-16-5-3-6-20-21(16)30-22(31-23(20)29-8-4-7-28-2)17-13-18(24(25,26)27)15-19(14-17)32-9-11-33-12-10-32/h3,5-6,13-15,28H,4,7-12H2,1-2H3,(H,29,30,31). The Balaban J connectivity index is 1.82. The lowest BCUT2D eigenvalue weighted by Gasteiger charge is -2.29. The van der Waals surface area contributed by atoms with Crippen LogP contribution in [0.4, 0.5) is 24.7 Å². The van der Waals surface area contributed by atoms with E-state index in [0.29, 0.717) is 49.9 Å². The van der Waals surface area contributed by atoms with Crippen molar-refractivity contribution in [3.05, 3.63) is 47.5 Å². The first-order valence-corrected chi connectivity index (χ1v) is 11.1. The van der Waals surface area contributed by atoms with Gasteiger partial charge in [-0.15, -0.1) is 0 Å². The predicted octanol–water partition coefficient (Wildman–Crippen LogP) is 4.48. The van der Waals surface area contributed by atoms with Crippen LogP contribution in [0.1, 0.15) is 17.5 Å². The summed E-state index contributed by atoms with van der Waals surface area (Å²) < 4.78 is 46.7. The van der Waals surface area contributed by atoms with E-state index in [1.807, 2.05) is 37.1 Å². The second-order valence-electron chi connectivity index (χ2n) is 8.12. The van der Waals surface area contributed by atoms with Crippen molar-refractivity contribution in [1.29, 1.82) is 0 Å². The summed E-state index contributed by atoms with van der Waals surface area (Å²) in [7, 11) is 1.89. The SMILES string of the molecule is CNCCCNc1nc(-c2cc(N3CCOCC3)cc(C(F)(F)F)c2)nc2c(C)cccc12. The van der Waals surface area contributed by atoms with Crippen LogP contribution in [0.3, 0.4) is 0 Å². The fourth-order valence-corrected chi connectivity index (χ4v) is 3.94. The molecule has 1 saturated heterocycles. The van der Waals surface area contributed by atoms with E-state index in [2.05, 4.69) is 20.6 Å². The first-order chi connectivity index (χ1) is 15.9. The van der Waals surface area contributed by atoms with Crippen LogP contribution >= 0.6 is 0 Å². The number of nitrogens with zero attached hydrogens (tertiary/aromatic N) is 3. The molecular formula is C24H28F3N5O. The second kappa shape index (κ2) is 9.93. The lowest BCUT2D eigenvalue weighted by Crippen LogP contribution is -2.36. The Morgan fingerprint density at radius 1 is 1.06 bits per heavy atom. The minimum atomic E-state index is -4.47. The Hall–Kier alpha value is -2.91. The van der Waals surface area contributed by atoms with Crippen LogP contribution in [0.5, 0.6) is 0 Å². The molecule has 0 radical (unpaired) electrons. The van der Waals surface area contributed by atoms with Crippen LogP contribution in [0.25, 0.3) is 22.3 Å². The van der Waals surface area contributed by atoms with Gasteiger partial charge in [-0.2, -0.15) is 13.2 Å². The minimum Gasteiger partial charge on any atom is -0.378 e. The van der Waals surface area contributed by atoms with Crippen molar-refractivity contribution in [3.8, 4) is 11.4 Å². The molecule has 1 aliphatic rings. The maximum atomic E-state index is 13.8. The molecule has 0 unspecified atom stereocenters. The number of aromatic nitrogens is 2. The van der Waals surface area contributed by atoms with Gasteiger partial charge in [-0.25, -0.2) is 9.97 Å². The average molecular weight is 460 g/mol. The molecule has 2 N–H and O–H groups in total. The minimum absolute atomic E-state index is 0.272. The van der Waals surface area contributed by atoms with E-state index in [-0.39, 0.29) is 5.82 Å². The molecule has 2 heterocycles. The van der Waals surface area contributed by atoms with Gasteiger partial charge >= 0.3 is 6.18 Å². The number of hydrogen-bond donors (Lipinski definition) is 2. The van der Waals surface area contributed by atoms with Crippen molar-refractivity contribution in [1.82, 2.24) is 15.3 Å². The molecule has 0 spiro atoms. The summed E-state index contributed by atoms with van der Waals surface area (Å²) in [6.07, 6.45) is -3.59. The summed E-state index contributed by atoms with van der Waals surface area (Å²) in [5.74, 6) is 0.897. The molecule has 1 fully saturated rings. The zero-order valence-corrected chi connectivity index (χ0v) is 18.8. The summed E-state index contributed by atoms with van der Waals surface area (Å²) in [4.78, 5) is 11.3. The number of anilines is 2. The van der Waals surface area contributed by atoms with Crippen LogP contribution in [-0.4, -0.2) is 56.4 Å². The molecule has 2 aromatic carbocycles. The van der Waals surface area contributed by atoms with Gasteiger partial charge < -0.3 is 20.3 Å². The van der Waals surface area contributed by atoms with Gasteiger partial charge in [-0.05, 0) is 56.8 Å². The van der Waals surface area contributed by atoms with E-state index in [9.17, 15) is 13.2 Å². The molecule has 0 aliphatic carbocycles. The highest BCUT2D eigenvalue weighted by Crippen LogP contribution is 2.36. The first-order valence-electron chi connectivity index (χ1n) is 11.1. The molecule has 0 bridgehead atoms. The fraction of sp³-hybridized carbons (Fsp3) is 0.417. The van der Waals surface area contributed by atoms with E-state index in [1.54, 1.807) is 6.07 Å². The lowest BCUT2D eigenvalue weighted by molar-refractivity contribution is -0.137. The van der Waals surface area contributed by atoms with Gasteiger partial charge in [0.15, 0.2) is 5.82 Å². The van der Waals surface area contributed by atoms with Gasteiger partial charge in [0.25, 0.3) is 0 Å². The molecular weight excluding hydrogens is 431 g/mol. The predicted molar refractivity (Wildman–Crippen MR) is 125 cm³/mol. The largest absolute Gasteiger partial charge is 0.416 e. The summed E-state index contributed by atoms with van der Waals surface area (Å²) in [6.45, 7) is 5.51. The van der Waals surface area contributed by atoms with Crippen LogP contribution in [0, 0.1) is 6.92 Å². The third-order valence-corrected chi connectivity index (χ3v) is 5.70. The van der Waals surface area contributed by atoms with Crippen molar-refractivity contribution >= 4 is 22.4 Å². The number of alkyl halides is 3. The number of hydrogen-bond acceptors (Lipinski definition) is 6. The molecule has 0 amide bonds. The third-order valence-electron chi connectivity index (χ3n) is 5.70. The number of morpholine rings is 1. The molecule has 3 aromatic rings. The molecule has 9 heteroatoms. The number of nitrogens with one attached hydrogen (secondary N) is 2. The van der Waals surface area contributed by atoms with E-state index in [0.717, 1.165) is 35.5 Å². The van der Waals surface area contributed by atoms with Crippen molar-refractivity contribution < 1.29 is 17.9 Å². The van der Waals surface area contributed by atoms with Crippen molar-refractivity contribution in [2.45, 2.75) is 19.5 Å². The molecule has 1 aromatic heterocycles. The Kier molecular flexibility index (Phi) is 6.99. The van der Waals surface area contributed by atoms with Crippen molar-refractivity contribution in [3.63, 3.8) is 0 Å². The number of rotatable bonds is 7. The van der Waals surface area contributed by atoms with E-state index in [4.69, 9.17) is 4.74 Å². The first kappa shape index (κ1) is 23.3.